The van der Waals surface area contributed by atoms with E-state index in [1.807, 2.05) is 24.5 Å². The minimum atomic E-state index is 0.581. The minimum Gasteiger partial charge on any atom is -0.497 e. The Balaban J connectivity index is 1.51. The Kier molecular flexibility index (Phi) is 4.83. The van der Waals surface area contributed by atoms with Crippen molar-refractivity contribution in [2.75, 3.05) is 31.6 Å². The third-order valence-electron chi connectivity index (χ3n) is 5.50. The van der Waals surface area contributed by atoms with Crippen LogP contribution in [0.3, 0.4) is 0 Å². The number of likely N-dealkylation sites (tertiary alicyclic amines) is 1. The predicted molar refractivity (Wildman–Crippen MR) is 98.8 cm³/mol. The van der Waals surface area contributed by atoms with E-state index in [-0.39, 0.29) is 0 Å². The molecule has 0 saturated carbocycles. The van der Waals surface area contributed by atoms with Crippen LogP contribution in [-0.2, 0) is 6.54 Å². The fraction of sp³-hybridized carbons (Fsp3) is 0.500. The molecule has 3 heterocycles. The highest BCUT2D eigenvalue weighted by Crippen LogP contribution is 2.32. The van der Waals surface area contributed by atoms with Gasteiger partial charge in [-0.2, -0.15) is 0 Å². The Bertz CT molecular complexity index is 693. The highest BCUT2D eigenvalue weighted by Gasteiger charge is 2.38. The van der Waals surface area contributed by atoms with Crippen molar-refractivity contribution in [1.82, 2.24) is 14.9 Å². The highest BCUT2D eigenvalue weighted by atomic mass is 16.5. The molecule has 2 aromatic rings. The van der Waals surface area contributed by atoms with E-state index < -0.39 is 0 Å². The van der Waals surface area contributed by atoms with Gasteiger partial charge in [0.05, 0.1) is 7.11 Å². The molecule has 2 atom stereocenters. The highest BCUT2D eigenvalue weighted by molar-refractivity contribution is 5.33. The SMILES string of the molecule is COc1cccc(CN2CCCC[C@H]3CN(c4ncccn4)C[C@H]32)c1. The van der Waals surface area contributed by atoms with Crippen LogP contribution in [0.25, 0.3) is 0 Å². The van der Waals surface area contributed by atoms with Gasteiger partial charge in [-0.3, -0.25) is 4.90 Å². The molecular weight excluding hydrogens is 312 g/mol. The summed E-state index contributed by atoms with van der Waals surface area (Å²) in [6.07, 6.45) is 7.59. The lowest BCUT2D eigenvalue weighted by molar-refractivity contribution is 0.179. The van der Waals surface area contributed by atoms with Crippen LogP contribution in [0.2, 0.25) is 0 Å². The summed E-state index contributed by atoms with van der Waals surface area (Å²) in [6.45, 7) is 4.26. The van der Waals surface area contributed by atoms with Gasteiger partial charge in [-0.1, -0.05) is 18.6 Å². The fourth-order valence-electron chi connectivity index (χ4n) is 4.26. The van der Waals surface area contributed by atoms with Crippen molar-refractivity contribution in [3.8, 4) is 5.75 Å². The van der Waals surface area contributed by atoms with Crippen molar-refractivity contribution in [2.24, 2.45) is 5.92 Å². The summed E-state index contributed by atoms with van der Waals surface area (Å²) in [5, 5.41) is 0. The molecule has 5 heteroatoms. The monoisotopic (exact) mass is 338 g/mol. The summed E-state index contributed by atoms with van der Waals surface area (Å²) in [6, 6.07) is 10.9. The molecule has 2 aliphatic rings. The van der Waals surface area contributed by atoms with Gasteiger partial charge in [-0.15, -0.1) is 0 Å². The van der Waals surface area contributed by atoms with Crippen LogP contribution in [0.15, 0.2) is 42.7 Å². The third kappa shape index (κ3) is 3.61. The van der Waals surface area contributed by atoms with Gasteiger partial charge < -0.3 is 9.64 Å². The molecule has 2 fully saturated rings. The number of nitrogens with zero attached hydrogens (tertiary/aromatic N) is 4. The lowest BCUT2D eigenvalue weighted by Crippen LogP contribution is -2.39. The number of fused-ring (bicyclic) bond motifs is 1. The van der Waals surface area contributed by atoms with E-state index in [9.17, 15) is 0 Å². The molecule has 25 heavy (non-hydrogen) atoms. The molecule has 0 spiro atoms. The van der Waals surface area contributed by atoms with E-state index in [0.717, 1.165) is 31.3 Å². The predicted octanol–water partition coefficient (Wildman–Crippen LogP) is 2.98. The number of anilines is 1. The first-order chi connectivity index (χ1) is 12.3. The van der Waals surface area contributed by atoms with Crippen LogP contribution in [0.5, 0.6) is 5.75 Å². The van der Waals surface area contributed by atoms with Crippen molar-refractivity contribution in [1.29, 1.82) is 0 Å². The molecule has 1 aromatic carbocycles. The molecule has 0 unspecified atom stereocenters. The second-order valence-electron chi connectivity index (χ2n) is 7.10. The minimum absolute atomic E-state index is 0.581. The van der Waals surface area contributed by atoms with Crippen LogP contribution in [-0.4, -0.2) is 47.7 Å². The average Bonchev–Trinajstić information content (AvgIpc) is 3.01. The number of methoxy groups -OCH3 is 1. The maximum Gasteiger partial charge on any atom is 0.225 e. The first kappa shape index (κ1) is 16.3. The molecule has 4 rings (SSSR count). The van der Waals surface area contributed by atoms with Gasteiger partial charge in [0.25, 0.3) is 0 Å². The molecule has 132 valence electrons. The average molecular weight is 338 g/mol. The number of benzene rings is 1. The van der Waals surface area contributed by atoms with Crippen molar-refractivity contribution >= 4 is 5.95 Å². The molecule has 0 radical (unpaired) electrons. The Morgan fingerprint density at radius 2 is 2.00 bits per heavy atom. The van der Waals surface area contributed by atoms with Gasteiger partial charge in [-0.25, -0.2) is 9.97 Å². The smallest absolute Gasteiger partial charge is 0.225 e. The Morgan fingerprint density at radius 1 is 1.12 bits per heavy atom. The Labute approximate surface area is 149 Å². The summed E-state index contributed by atoms with van der Waals surface area (Å²) in [5.41, 5.74) is 1.33. The second-order valence-corrected chi connectivity index (χ2v) is 7.10. The molecule has 5 nitrogen and oxygen atoms in total. The van der Waals surface area contributed by atoms with E-state index in [2.05, 4.69) is 38.0 Å². The molecule has 2 saturated heterocycles. The number of rotatable bonds is 4. The van der Waals surface area contributed by atoms with Crippen LogP contribution < -0.4 is 9.64 Å². The maximum atomic E-state index is 5.39. The normalized spacial score (nSPS) is 24.0. The zero-order valence-electron chi connectivity index (χ0n) is 14.8. The number of ether oxygens (including phenoxy) is 1. The van der Waals surface area contributed by atoms with Gasteiger partial charge in [0, 0.05) is 38.1 Å². The second kappa shape index (κ2) is 7.40. The molecular formula is C20H26N4O. The molecule has 1 aromatic heterocycles. The number of hydrogen-bond donors (Lipinski definition) is 0. The van der Waals surface area contributed by atoms with Gasteiger partial charge in [0.1, 0.15) is 5.75 Å². The van der Waals surface area contributed by atoms with E-state index in [1.54, 1.807) is 7.11 Å². The first-order valence-corrected chi connectivity index (χ1v) is 9.22. The quantitative estimate of drug-likeness (QED) is 0.857. The fourth-order valence-corrected chi connectivity index (χ4v) is 4.26. The standard InChI is InChI=1S/C20H26N4O/c1-25-18-8-4-6-16(12-18)13-23-11-3-2-7-17-14-24(15-19(17)23)20-21-9-5-10-22-20/h4-6,8-10,12,17,19H,2-3,7,11,13-15H2,1H3/t17-,19+/m0/s1. The summed E-state index contributed by atoms with van der Waals surface area (Å²) < 4.78 is 5.39. The topological polar surface area (TPSA) is 41.5 Å². The zero-order valence-corrected chi connectivity index (χ0v) is 14.8. The summed E-state index contributed by atoms with van der Waals surface area (Å²) in [5.74, 6) is 2.52. The number of aromatic nitrogens is 2. The third-order valence-corrected chi connectivity index (χ3v) is 5.50. The Morgan fingerprint density at radius 3 is 2.84 bits per heavy atom. The number of hydrogen-bond acceptors (Lipinski definition) is 5. The molecule has 0 N–H and O–H groups in total. The summed E-state index contributed by atoms with van der Waals surface area (Å²) >= 11 is 0. The maximum absolute atomic E-state index is 5.39. The van der Waals surface area contributed by atoms with E-state index in [1.165, 1.54) is 31.4 Å². The molecule has 0 aliphatic carbocycles. The largest absolute Gasteiger partial charge is 0.497 e. The van der Waals surface area contributed by atoms with E-state index in [4.69, 9.17) is 4.74 Å². The van der Waals surface area contributed by atoms with Crippen molar-refractivity contribution in [3.63, 3.8) is 0 Å². The van der Waals surface area contributed by atoms with Crippen LogP contribution in [0.4, 0.5) is 5.95 Å². The molecule has 0 amide bonds. The molecule has 0 bridgehead atoms. The first-order valence-electron chi connectivity index (χ1n) is 9.22. The summed E-state index contributed by atoms with van der Waals surface area (Å²) in [4.78, 5) is 13.9. The van der Waals surface area contributed by atoms with Gasteiger partial charge >= 0.3 is 0 Å². The van der Waals surface area contributed by atoms with Gasteiger partial charge in [0.15, 0.2) is 0 Å². The van der Waals surface area contributed by atoms with E-state index >= 15 is 0 Å². The van der Waals surface area contributed by atoms with Crippen molar-refractivity contribution in [2.45, 2.75) is 31.8 Å². The lowest BCUT2D eigenvalue weighted by atomic mass is 9.98. The van der Waals surface area contributed by atoms with Crippen LogP contribution in [0, 0.1) is 5.92 Å². The van der Waals surface area contributed by atoms with E-state index in [0.29, 0.717) is 12.0 Å². The Hall–Kier alpha value is -2.14. The van der Waals surface area contributed by atoms with Gasteiger partial charge in [0.2, 0.25) is 5.95 Å². The lowest BCUT2D eigenvalue weighted by Gasteiger charge is -2.30. The summed E-state index contributed by atoms with van der Waals surface area (Å²) in [7, 11) is 1.73. The van der Waals surface area contributed by atoms with Crippen LogP contribution >= 0.6 is 0 Å². The van der Waals surface area contributed by atoms with Crippen LogP contribution in [0.1, 0.15) is 24.8 Å². The van der Waals surface area contributed by atoms with Crippen molar-refractivity contribution < 1.29 is 4.74 Å². The molecule has 2 aliphatic heterocycles. The zero-order chi connectivity index (χ0) is 17.1. The van der Waals surface area contributed by atoms with Gasteiger partial charge in [-0.05, 0) is 49.1 Å². The van der Waals surface area contributed by atoms with Crippen molar-refractivity contribution in [3.05, 3.63) is 48.3 Å².